The minimum atomic E-state index is -0.983. The average Bonchev–Trinajstić information content (AvgIpc) is 3.07. The summed E-state index contributed by atoms with van der Waals surface area (Å²) in [7, 11) is 0. The molecule has 1 aliphatic carbocycles. The van der Waals surface area contributed by atoms with Crippen LogP contribution >= 0.6 is 24.0 Å². The molecular formula is C20H25Cl2N3O2. The third-order valence-corrected chi connectivity index (χ3v) is 4.85. The van der Waals surface area contributed by atoms with Crippen molar-refractivity contribution in [2.24, 2.45) is 5.92 Å². The first kappa shape index (κ1) is 21.5. The van der Waals surface area contributed by atoms with Crippen LogP contribution in [0.15, 0.2) is 24.3 Å². The van der Waals surface area contributed by atoms with Crippen LogP contribution in [0.1, 0.15) is 55.6 Å². The predicted octanol–water partition coefficient (Wildman–Crippen LogP) is 5.47. The molecule has 0 atom stereocenters. The van der Waals surface area contributed by atoms with Crippen LogP contribution in [0.2, 0.25) is 5.02 Å². The largest absolute Gasteiger partial charge is 0.477 e. The molecule has 1 aromatic heterocycles. The van der Waals surface area contributed by atoms with Crippen LogP contribution < -0.4 is 5.32 Å². The zero-order chi connectivity index (χ0) is 18.7. The van der Waals surface area contributed by atoms with E-state index in [0.29, 0.717) is 34.7 Å². The van der Waals surface area contributed by atoms with Crippen LogP contribution in [0.5, 0.6) is 0 Å². The molecule has 5 nitrogen and oxygen atoms in total. The van der Waals surface area contributed by atoms with Gasteiger partial charge in [0.05, 0.1) is 5.69 Å². The number of halogens is 2. The van der Waals surface area contributed by atoms with Crippen molar-refractivity contribution in [3.63, 3.8) is 0 Å². The Morgan fingerprint density at radius 3 is 2.41 bits per heavy atom. The minimum Gasteiger partial charge on any atom is -0.477 e. The molecule has 2 N–H and O–H groups in total. The highest BCUT2D eigenvalue weighted by atomic mass is 35.5. The Bertz CT molecular complexity index is 789. The topological polar surface area (TPSA) is 75.1 Å². The number of hydrogen-bond acceptors (Lipinski definition) is 4. The average molecular weight is 410 g/mol. The third-order valence-electron chi connectivity index (χ3n) is 4.60. The van der Waals surface area contributed by atoms with Crippen molar-refractivity contribution in [1.29, 1.82) is 0 Å². The van der Waals surface area contributed by atoms with Crippen molar-refractivity contribution < 1.29 is 9.90 Å². The second-order valence-electron chi connectivity index (χ2n) is 7.25. The molecule has 0 radical (unpaired) electrons. The molecule has 146 valence electrons. The van der Waals surface area contributed by atoms with Crippen LogP contribution in [-0.4, -0.2) is 27.1 Å². The number of carboxylic acid groups (broad SMARTS) is 1. The summed E-state index contributed by atoms with van der Waals surface area (Å²) in [4.78, 5) is 21.1. The van der Waals surface area contributed by atoms with Gasteiger partial charge in [0.2, 0.25) is 0 Å². The van der Waals surface area contributed by atoms with E-state index in [-0.39, 0.29) is 24.0 Å². The first-order valence-corrected chi connectivity index (χ1v) is 9.48. The smallest absolute Gasteiger partial charge is 0.341 e. The molecule has 0 aliphatic heterocycles. The van der Waals surface area contributed by atoms with Gasteiger partial charge in [-0.25, -0.2) is 14.8 Å². The first-order valence-electron chi connectivity index (χ1n) is 9.10. The van der Waals surface area contributed by atoms with Crippen LogP contribution in [-0.2, 0) is 6.42 Å². The molecule has 0 bridgehead atoms. The van der Waals surface area contributed by atoms with E-state index in [9.17, 15) is 9.90 Å². The van der Waals surface area contributed by atoms with Gasteiger partial charge in [0.25, 0.3) is 0 Å². The molecule has 2 aromatic rings. The number of aromatic carboxylic acids is 1. The summed E-state index contributed by atoms with van der Waals surface area (Å²) >= 11 is 5.98. The fourth-order valence-corrected chi connectivity index (χ4v) is 3.49. The molecule has 3 rings (SSSR count). The Labute approximate surface area is 171 Å². The lowest BCUT2D eigenvalue weighted by molar-refractivity contribution is 0.0695. The molecule has 1 saturated carbocycles. The van der Waals surface area contributed by atoms with E-state index in [0.717, 1.165) is 31.2 Å². The predicted molar refractivity (Wildman–Crippen MR) is 111 cm³/mol. The zero-order valence-corrected chi connectivity index (χ0v) is 17.1. The molecule has 1 heterocycles. The number of rotatable bonds is 6. The summed E-state index contributed by atoms with van der Waals surface area (Å²) in [6, 6.07) is 7.57. The van der Waals surface area contributed by atoms with E-state index in [1.54, 1.807) is 12.1 Å². The lowest BCUT2D eigenvalue weighted by Gasteiger charge is -2.18. The van der Waals surface area contributed by atoms with Crippen LogP contribution in [0.4, 0.5) is 5.82 Å². The summed E-state index contributed by atoms with van der Waals surface area (Å²) in [6.07, 6.45) is 4.99. The van der Waals surface area contributed by atoms with Crippen LogP contribution in [0, 0.1) is 5.92 Å². The number of nitrogens with zero attached hydrogens (tertiary/aromatic N) is 2. The van der Waals surface area contributed by atoms with Gasteiger partial charge in [-0.3, -0.25) is 0 Å². The van der Waals surface area contributed by atoms with Crippen molar-refractivity contribution in [2.45, 2.75) is 52.0 Å². The van der Waals surface area contributed by atoms with Gasteiger partial charge >= 0.3 is 5.97 Å². The molecule has 1 aromatic carbocycles. The number of nitrogens with one attached hydrogen (secondary N) is 1. The van der Waals surface area contributed by atoms with Crippen LogP contribution in [0.3, 0.4) is 0 Å². The van der Waals surface area contributed by atoms with E-state index in [2.05, 4.69) is 29.1 Å². The molecule has 27 heavy (non-hydrogen) atoms. The zero-order valence-electron chi connectivity index (χ0n) is 15.5. The van der Waals surface area contributed by atoms with Gasteiger partial charge in [-0.2, -0.15) is 0 Å². The number of benzene rings is 1. The Kier molecular flexibility index (Phi) is 7.45. The second kappa shape index (κ2) is 9.38. The van der Waals surface area contributed by atoms with E-state index >= 15 is 0 Å². The molecule has 0 saturated heterocycles. The molecule has 0 spiro atoms. The van der Waals surface area contributed by atoms with Gasteiger partial charge in [-0.05, 0) is 49.4 Å². The second-order valence-corrected chi connectivity index (χ2v) is 7.69. The molecule has 0 unspecified atom stereocenters. The highest BCUT2D eigenvalue weighted by Crippen LogP contribution is 2.28. The summed E-state index contributed by atoms with van der Waals surface area (Å²) in [5.41, 5.74) is 1.60. The van der Waals surface area contributed by atoms with Crippen molar-refractivity contribution in [3.05, 3.63) is 40.5 Å². The highest BCUT2D eigenvalue weighted by Gasteiger charge is 2.24. The van der Waals surface area contributed by atoms with E-state index < -0.39 is 5.97 Å². The number of carboxylic acids is 1. The third kappa shape index (κ3) is 5.33. The standard InChI is InChI=1S/C20H24ClN3O2.ClH/c1-12(2)11-16-17(20(25)26)19(22-15-5-3-4-6-15)24-18(23-16)13-7-9-14(21)10-8-13;/h7-10,12,15H,3-6,11H2,1-2H3,(H,25,26)(H,22,23,24);1H. The lowest BCUT2D eigenvalue weighted by atomic mass is 10.0. The molecule has 0 amide bonds. The summed E-state index contributed by atoms with van der Waals surface area (Å²) < 4.78 is 0. The Balaban J connectivity index is 0.00000261. The number of aromatic nitrogens is 2. The molecule has 1 aliphatic rings. The number of anilines is 1. The lowest BCUT2D eigenvalue weighted by Crippen LogP contribution is -2.21. The number of carbonyl (C=O) groups is 1. The minimum absolute atomic E-state index is 0. The maximum atomic E-state index is 12.0. The van der Waals surface area contributed by atoms with E-state index in [1.165, 1.54) is 0 Å². The van der Waals surface area contributed by atoms with E-state index in [1.807, 2.05) is 12.1 Å². The van der Waals surface area contributed by atoms with Crippen molar-refractivity contribution in [2.75, 3.05) is 5.32 Å². The van der Waals surface area contributed by atoms with Gasteiger partial charge in [0, 0.05) is 16.6 Å². The van der Waals surface area contributed by atoms with Gasteiger partial charge < -0.3 is 10.4 Å². The molecular weight excluding hydrogens is 385 g/mol. The summed E-state index contributed by atoms with van der Waals surface area (Å²) in [5.74, 6) is 0.270. The number of hydrogen-bond donors (Lipinski definition) is 2. The molecule has 7 heteroatoms. The van der Waals surface area contributed by atoms with E-state index in [4.69, 9.17) is 11.6 Å². The Hall–Kier alpha value is -1.85. The summed E-state index contributed by atoms with van der Waals surface area (Å²) in [6.45, 7) is 4.11. The van der Waals surface area contributed by atoms with Gasteiger partial charge in [-0.15, -0.1) is 12.4 Å². The van der Waals surface area contributed by atoms with Crippen LogP contribution in [0.25, 0.3) is 11.4 Å². The quantitative estimate of drug-likeness (QED) is 0.661. The summed E-state index contributed by atoms with van der Waals surface area (Å²) in [5, 5.41) is 13.8. The van der Waals surface area contributed by atoms with Gasteiger partial charge in [-0.1, -0.05) is 38.3 Å². The van der Waals surface area contributed by atoms with Crippen molar-refractivity contribution >= 4 is 35.8 Å². The monoisotopic (exact) mass is 409 g/mol. The first-order chi connectivity index (χ1) is 12.4. The Morgan fingerprint density at radius 2 is 1.85 bits per heavy atom. The van der Waals surface area contributed by atoms with Crippen molar-refractivity contribution in [1.82, 2.24) is 9.97 Å². The highest BCUT2D eigenvalue weighted by molar-refractivity contribution is 6.30. The SMILES string of the molecule is CC(C)Cc1nc(-c2ccc(Cl)cc2)nc(NC2CCCC2)c1C(=O)O.Cl. The van der Waals surface area contributed by atoms with Crippen molar-refractivity contribution in [3.8, 4) is 11.4 Å². The maximum absolute atomic E-state index is 12.0. The molecule has 1 fully saturated rings. The maximum Gasteiger partial charge on any atom is 0.341 e. The van der Waals surface area contributed by atoms with Gasteiger partial charge in [0.15, 0.2) is 5.82 Å². The fraction of sp³-hybridized carbons (Fsp3) is 0.450. The fourth-order valence-electron chi connectivity index (χ4n) is 3.36. The Morgan fingerprint density at radius 1 is 1.22 bits per heavy atom. The van der Waals surface area contributed by atoms with Gasteiger partial charge in [0.1, 0.15) is 11.4 Å². The normalized spacial score (nSPS) is 14.2.